The molecule has 130 valence electrons. The van der Waals surface area contributed by atoms with Crippen molar-refractivity contribution in [2.24, 2.45) is 17.5 Å². The first-order chi connectivity index (χ1) is 11.2. The Balaban J connectivity index is 2.03. The van der Waals surface area contributed by atoms with E-state index in [4.69, 9.17) is 11.6 Å². The Bertz CT molecular complexity index is 452. The quantitative estimate of drug-likeness (QED) is 0.223. The molecule has 1 saturated carbocycles. The molecule has 0 amide bonds. The minimum absolute atomic E-state index is 0.471. The van der Waals surface area contributed by atoms with Crippen molar-refractivity contribution >= 4 is 0 Å². The van der Waals surface area contributed by atoms with Crippen LogP contribution in [0.1, 0.15) is 75.8 Å². The fourth-order valence-electron chi connectivity index (χ4n) is 3.92. The summed E-state index contributed by atoms with van der Waals surface area (Å²) in [6.45, 7) is 2.25. The lowest BCUT2D eigenvalue weighted by molar-refractivity contribution is 0.192. The van der Waals surface area contributed by atoms with Crippen molar-refractivity contribution in [3.8, 4) is 0 Å². The molecular weight excluding hydrogens is 282 g/mol. The van der Waals surface area contributed by atoms with Gasteiger partial charge in [0.15, 0.2) is 0 Å². The summed E-state index contributed by atoms with van der Waals surface area (Å²) in [5.74, 6) is 6.37. The molecule has 5 N–H and O–H groups in total. The van der Waals surface area contributed by atoms with Gasteiger partial charge in [0.1, 0.15) is 0 Å². The van der Waals surface area contributed by atoms with Crippen LogP contribution in [0.3, 0.4) is 0 Å². The number of hydrogen-bond acceptors (Lipinski definition) is 3. The van der Waals surface area contributed by atoms with E-state index in [1.54, 1.807) is 0 Å². The number of nitrogens with two attached hydrogens (primary N) is 2. The third kappa shape index (κ3) is 5.59. The predicted molar refractivity (Wildman–Crippen MR) is 98.8 cm³/mol. The molecule has 0 spiro atoms. The molecule has 0 aliphatic heterocycles. The van der Waals surface area contributed by atoms with E-state index >= 15 is 0 Å². The topological polar surface area (TPSA) is 64.1 Å². The van der Waals surface area contributed by atoms with Gasteiger partial charge in [-0.25, -0.2) is 5.43 Å². The van der Waals surface area contributed by atoms with Gasteiger partial charge in [-0.05, 0) is 42.7 Å². The summed E-state index contributed by atoms with van der Waals surface area (Å²) in [5, 5.41) is 0. The smallest absolute Gasteiger partial charge is 0.0858 e. The van der Waals surface area contributed by atoms with Gasteiger partial charge >= 0.3 is 0 Å². The van der Waals surface area contributed by atoms with E-state index in [-0.39, 0.29) is 0 Å². The predicted octanol–water partition coefficient (Wildman–Crippen LogP) is 4.05. The van der Waals surface area contributed by atoms with Crippen LogP contribution in [0.4, 0.5) is 0 Å². The molecule has 1 aliphatic rings. The molecule has 0 aromatic heterocycles. The molecule has 1 fully saturated rings. The van der Waals surface area contributed by atoms with Crippen LogP contribution in [0, 0.1) is 5.92 Å². The molecule has 3 heteroatoms. The molecule has 0 bridgehead atoms. The molecule has 2 rings (SSSR count). The van der Waals surface area contributed by atoms with E-state index in [2.05, 4.69) is 36.6 Å². The van der Waals surface area contributed by atoms with Gasteiger partial charge in [0.25, 0.3) is 0 Å². The zero-order valence-corrected chi connectivity index (χ0v) is 14.8. The lowest BCUT2D eigenvalue weighted by Gasteiger charge is -2.37. The molecule has 1 atom stereocenters. The maximum absolute atomic E-state index is 6.71. The molecule has 23 heavy (non-hydrogen) atoms. The van der Waals surface area contributed by atoms with Gasteiger partial charge in [-0.15, -0.1) is 0 Å². The minimum atomic E-state index is -0.480. The number of rotatable bonds is 8. The van der Waals surface area contributed by atoms with E-state index in [1.807, 2.05) is 0 Å². The van der Waals surface area contributed by atoms with Gasteiger partial charge in [-0.3, -0.25) is 5.84 Å². The molecule has 1 aromatic carbocycles. The Kier molecular flexibility index (Phi) is 7.54. The van der Waals surface area contributed by atoms with Crippen LogP contribution < -0.4 is 17.0 Å². The summed E-state index contributed by atoms with van der Waals surface area (Å²) < 4.78 is 0. The Morgan fingerprint density at radius 2 is 1.78 bits per heavy atom. The number of unbranched alkanes of at least 4 members (excludes halogenated alkanes) is 2. The second-order valence-electron chi connectivity index (χ2n) is 7.33. The first-order valence-corrected chi connectivity index (χ1v) is 9.52. The van der Waals surface area contributed by atoms with Gasteiger partial charge in [0.05, 0.1) is 5.66 Å². The van der Waals surface area contributed by atoms with Crippen molar-refractivity contribution in [2.45, 2.75) is 83.2 Å². The highest BCUT2D eigenvalue weighted by Crippen LogP contribution is 2.31. The van der Waals surface area contributed by atoms with E-state index in [1.165, 1.54) is 75.3 Å². The number of hydrogen-bond donors (Lipinski definition) is 3. The Labute approximate surface area is 142 Å². The van der Waals surface area contributed by atoms with E-state index in [9.17, 15) is 0 Å². The average molecular weight is 318 g/mol. The fraction of sp³-hybridized carbons (Fsp3) is 0.700. The van der Waals surface area contributed by atoms with Crippen LogP contribution in [0.25, 0.3) is 0 Å². The zero-order chi connectivity index (χ0) is 16.5. The normalized spacial score (nSPS) is 19.3. The average Bonchev–Trinajstić information content (AvgIpc) is 2.85. The molecule has 0 saturated heterocycles. The first kappa shape index (κ1) is 18.4. The molecular formula is C20H35N3. The van der Waals surface area contributed by atoms with Crippen LogP contribution in [0.5, 0.6) is 0 Å². The Hall–Kier alpha value is -0.900. The van der Waals surface area contributed by atoms with Crippen molar-refractivity contribution < 1.29 is 0 Å². The summed E-state index contributed by atoms with van der Waals surface area (Å²) in [7, 11) is 0. The highest BCUT2D eigenvalue weighted by molar-refractivity contribution is 5.25. The summed E-state index contributed by atoms with van der Waals surface area (Å²) in [5.41, 5.74) is 11.9. The Morgan fingerprint density at radius 3 is 2.43 bits per heavy atom. The highest BCUT2D eigenvalue weighted by Gasteiger charge is 2.34. The lowest BCUT2D eigenvalue weighted by Crippen LogP contribution is -2.63. The van der Waals surface area contributed by atoms with Crippen molar-refractivity contribution in [3.05, 3.63) is 35.4 Å². The van der Waals surface area contributed by atoms with Crippen LogP contribution in [0.15, 0.2) is 24.3 Å². The third-order valence-corrected chi connectivity index (χ3v) is 5.41. The number of nitrogens with one attached hydrogen (secondary N) is 1. The first-order valence-electron chi connectivity index (χ1n) is 9.52. The standard InChI is InChI=1S/C20H35N3/c1-2-3-6-10-17-11-9-12-18(15-17)16-20(21,23-22)19-13-7-4-5-8-14-19/h9,11-12,15,19,23H,2-8,10,13-14,16,21-22H2,1H3. The van der Waals surface area contributed by atoms with E-state index in [0.29, 0.717) is 5.92 Å². The minimum Gasteiger partial charge on any atom is -0.312 e. The van der Waals surface area contributed by atoms with Gasteiger partial charge in [-0.2, -0.15) is 0 Å². The van der Waals surface area contributed by atoms with Gasteiger partial charge in [0.2, 0.25) is 0 Å². The number of benzene rings is 1. The zero-order valence-electron chi connectivity index (χ0n) is 14.8. The molecule has 3 nitrogen and oxygen atoms in total. The number of aryl methyl sites for hydroxylation is 1. The van der Waals surface area contributed by atoms with Crippen LogP contribution in [-0.2, 0) is 12.8 Å². The molecule has 1 aliphatic carbocycles. The fourth-order valence-corrected chi connectivity index (χ4v) is 3.92. The second kappa shape index (κ2) is 9.41. The molecule has 1 aromatic rings. The van der Waals surface area contributed by atoms with Crippen LogP contribution >= 0.6 is 0 Å². The molecule has 0 radical (unpaired) electrons. The largest absolute Gasteiger partial charge is 0.312 e. The molecule has 1 unspecified atom stereocenters. The van der Waals surface area contributed by atoms with Gasteiger partial charge in [-0.1, -0.05) is 69.7 Å². The van der Waals surface area contributed by atoms with Crippen molar-refractivity contribution in [3.63, 3.8) is 0 Å². The van der Waals surface area contributed by atoms with E-state index in [0.717, 1.165) is 6.42 Å². The summed E-state index contributed by atoms with van der Waals surface area (Å²) in [4.78, 5) is 0. The van der Waals surface area contributed by atoms with Gasteiger partial charge < -0.3 is 5.73 Å². The maximum Gasteiger partial charge on any atom is 0.0858 e. The summed E-state index contributed by atoms with van der Waals surface area (Å²) >= 11 is 0. The van der Waals surface area contributed by atoms with Crippen molar-refractivity contribution in [2.75, 3.05) is 0 Å². The third-order valence-electron chi connectivity index (χ3n) is 5.41. The van der Waals surface area contributed by atoms with Crippen LogP contribution in [0.2, 0.25) is 0 Å². The van der Waals surface area contributed by atoms with Crippen molar-refractivity contribution in [1.82, 2.24) is 5.43 Å². The summed E-state index contributed by atoms with van der Waals surface area (Å²) in [6, 6.07) is 8.92. The van der Waals surface area contributed by atoms with Crippen LogP contribution in [-0.4, -0.2) is 5.66 Å². The Morgan fingerprint density at radius 1 is 1.09 bits per heavy atom. The monoisotopic (exact) mass is 317 g/mol. The van der Waals surface area contributed by atoms with Gasteiger partial charge in [0, 0.05) is 6.42 Å². The second-order valence-corrected chi connectivity index (χ2v) is 7.33. The van der Waals surface area contributed by atoms with E-state index < -0.39 is 5.66 Å². The maximum atomic E-state index is 6.71. The lowest BCUT2D eigenvalue weighted by atomic mass is 9.82. The highest BCUT2D eigenvalue weighted by atomic mass is 15.3. The summed E-state index contributed by atoms with van der Waals surface area (Å²) in [6.07, 6.45) is 13.4. The molecule has 0 heterocycles. The van der Waals surface area contributed by atoms with Crippen molar-refractivity contribution in [1.29, 1.82) is 0 Å². The SMILES string of the molecule is CCCCCc1cccc(CC(N)(NN)C2CCCCCC2)c1. The number of hydrazine groups is 1.